The number of anilines is 1. The topological polar surface area (TPSA) is 86.8 Å². The number of amides is 2. The van der Waals surface area contributed by atoms with Gasteiger partial charge in [-0.1, -0.05) is 41.4 Å². The predicted octanol–water partition coefficient (Wildman–Crippen LogP) is 4.01. The molecule has 0 aliphatic heterocycles. The van der Waals surface area contributed by atoms with Gasteiger partial charge in [-0.05, 0) is 63.1 Å². The third kappa shape index (κ3) is 7.35. The van der Waals surface area contributed by atoms with Crippen LogP contribution in [0.5, 0.6) is 0 Å². The Morgan fingerprint density at radius 1 is 1.06 bits per heavy atom. The number of carbonyl (C=O) groups excluding carboxylic acids is 2. The minimum atomic E-state index is -3.82. The Labute approximate surface area is 205 Å². The lowest BCUT2D eigenvalue weighted by molar-refractivity contribution is -0.139. The molecule has 0 aromatic heterocycles. The van der Waals surface area contributed by atoms with Gasteiger partial charge in [-0.15, -0.1) is 0 Å². The molecule has 2 aromatic rings. The van der Waals surface area contributed by atoms with Crippen molar-refractivity contribution in [1.29, 1.82) is 0 Å². The summed E-state index contributed by atoms with van der Waals surface area (Å²) < 4.78 is 26.3. The highest BCUT2D eigenvalue weighted by Gasteiger charge is 2.31. The average Bonchev–Trinajstić information content (AvgIpc) is 2.70. The van der Waals surface area contributed by atoms with Gasteiger partial charge >= 0.3 is 0 Å². The molecule has 2 rings (SSSR count). The van der Waals surface area contributed by atoms with Crippen LogP contribution in [0.4, 0.5) is 5.69 Å². The summed E-state index contributed by atoms with van der Waals surface area (Å²) in [5, 5.41) is 3.67. The highest BCUT2D eigenvalue weighted by molar-refractivity contribution is 7.92. The zero-order valence-corrected chi connectivity index (χ0v) is 21.6. The smallest absolute Gasteiger partial charge is 0.244 e. The van der Waals surface area contributed by atoms with Crippen LogP contribution in [0, 0.1) is 6.92 Å². The molecule has 0 heterocycles. The Bertz CT molecular complexity index is 1120. The van der Waals surface area contributed by atoms with E-state index in [0.29, 0.717) is 26.9 Å². The molecule has 7 nitrogen and oxygen atoms in total. The zero-order chi connectivity index (χ0) is 24.9. The summed E-state index contributed by atoms with van der Waals surface area (Å²) in [7, 11) is -3.82. The largest absolute Gasteiger partial charge is 0.352 e. The van der Waals surface area contributed by atoms with Crippen LogP contribution < -0.4 is 9.62 Å². The number of rotatable bonds is 9. The summed E-state index contributed by atoms with van der Waals surface area (Å²) in [6.07, 6.45) is 1.02. The van der Waals surface area contributed by atoms with E-state index in [2.05, 4.69) is 5.32 Å². The molecule has 0 radical (unpaired) electrons. The van der Waals surface area contributed by atoms with Gasteiger partial charge in [0.1, 0.15) is 12.6 Å². The number of halogens is 2. The van der Waals surface area contributed by atoms with E-state index in [4.69, 9.17) is 23.2 Å². The second-order valence-corrected chi connectivity index (χ2v) is 10.9. The van der Waals surface area contributed by atoms with Crippen LogP contribution in [0.25, 0.3) is 0 Å². The normalized spacial score (nSPS) is 12.4. The molecule has 180 valence electrons. The molecular formula is C23H29Cl2N3O4S. The van der Waals surface area contributed by atoms with Crippen LogP contribution in [0.3, 0.4) is 0 Å². The van der Waals surface area contributed by atoms with E-state index in [0.717, 1.165) is 10.6 Å². The molecule has 33 heavy (non-hydrogen) atoms. The first-order valence-electron chi connectivity index (χ1n) is 10.4. The molecule has 2 amide bonds. The standard InChI is InChI=1S/C23H29Cl2N3O4S/c1-15(2)26-23(30)17(4)27(13-18-8-6-9-19(24)12-18)22(29)14-28(33(5,31)32)21-11-7-10-20(25)16(21)3/h6-12,15,17H,13-14H2,1-5H3,(H,26,30). The minimum Gasteiger partial charge on any atom is -0.352 e. The monoisotopic (exact) mass is 513 g/mol. The minimum absolute atomic E-state index is 0.0816. The fraction of sp³-hybridized carbons (Fsp3) is 0.391. The zero-order valence-electron chi connectivity index (χ0n) is 19.3. The van der Waals surface area contributed by atoms with Crippen LogP contribution in [0.1, 0.15) is 31.9 Å². The number of hydrogen-bond acceptors (Lipinski definition) is 4. The fourth-order valence-electron chi connectivity index (χ4n) is 3.28. The van der Waals surface area contributed by atoms with Gasteiger partial charge in [0.25, 0.3) is 0 Å². The lowest BCUT2D eigenvalue weighted by Gasteiger charge is -2.32. The van der Waals surface area contributed by atoms with Crippen molar-refractivity contribution < 1.29 is 18.0 Å². The summed E-state index contributed by atoms with van der Waals surface area (Å²) in [4.78, 5) is 27.5. The molecule has 0 bridgehead atoms. The average molecular weight is 514 g/mol. The van der Waals surface area contributed by atoms with Crippen LogP contribution in [0.2, 0.25) is 10.0 Å². The van der Waals surface area contributed by atoms with Crippen molar-refractivity contribution in [2.45, 2.75) is 46.3 Å². The van der Waals surface area contributed by atoms with Gasteiger partial charge in [-0.3, -0.25) is 13.9 Å². The number of hydrogen-bond donors (Lipinski definition) is 1. The van der Waals surface area contributed by atoms with E-state index in [1.165, 1.54) is 4.90 Å². The second kappa shape index (κ2) is 11.2. The maximum absolute atomic E-state index is 13.5. The highest BCUT2D eigenvalue weighted by Crippen LogP contribution is 2.28. The van der Waals surface area contributed by atoms with Gasteiger partial charge in [-0.25, -0.2) is 8.42 Å². The maximum atomic E-state index is 13.5. The lowest BCUT2D eigenvalue weighted by Crippen LogP contribution is -2.52. The summed E-state index contributed by atoms with van der Waals surface area (Å²) in [5.74, 6) is -0.878. The van der Waals surface area contributed by atoms with Crippen LogP contribution in [-0.4, -0.2) is 50.0 Å². The van der Waals surface area contributed by atoms with Crippen molar-refractivity contribution in [2.24, 2.45) is 0 Å². The van der Waals surface area contributed by atoms with E-state index in [1.807, 2.05) is 13.8 Å². The first kappa shape index (κ1) is 27.0. The van der Waals surface area contributed by atoms with E-state index in [1.54, 1.807) is 56.3 Å². The predicted molar refractivity (Wildman–Crippen MR) is 133 cm³/mol. The van der Waals surface area contributed by atoms with Crippen molar-refractivity contribution in [1.82, 2.24) is 10.2 Å². The molecular weight excluding hydrogens is 485 g/mol. The molecule has 1 atom stereocenters. The lowest BCUT2D eigenvalue weighted by atomic mass is 10.1. The summed E-state index contributed by atoms with van der Waals surface area (Å²) >= 11 is 12.3. The molecule has 1 unspecified atom stereocenters. The summed E-state index contributed by atoms with van der Waals surface area (Å²) in [5.41, 5.74) is 1.55. The van der Waals surface area contributed by atoms with E-state index in [9.17, 15) is 18.0 Å². The third-order valence-corrected chi connectivity index (χ3v) is 6.80. The SMILES string of the molecule is Cc1c(Cl)cccc1N(CC(=O)N(Cc1cccc(Cl)c1)C(C)C(=O)NC(C)C)S(C)(=O)=O. The molecule has 0 saturated carbocycles. The Morgan fingerprint density at radius 2 is 1.70 bits per heavy atom. The summed E-state index contributed by atoms with van der Waals surface area (Å²) in [6.45, 7) is 6.53. The van der Waals surface area contributed by atoms with E-state index < -0.39 is 28.5 Å². The first-order chi connectivity index (χ1) is 15.3. The molecule has 0 saturated heterocycles. The second-order valence-electron chi connectivity index (χ2n) is 8.14. The number of nitrogens with one attached hydrogen (secondary N) is 1. The van der Waals surface area contributed by atoms with Crippen molar-refractivity contribution in [3.8, 4) is 0 Å². The molecule has 10 heteroatoms. The number of sulfonamides is 1. The van der Waals surface area contributed by atoms with E-state index in [-0.39, 0.29) is 18.5 Å². The third-order valence-electron chi connectivity index (χ3n) is 5.03. The van der Waals surface area contributed by atoms with Gasteiger partial charge in [0.15, 0.2) is 0 Å². The molecule has 0 aliphatic carbocycles. The van der Waals surface area contributed by atoms with Crippen molar-refractivity contribution in [3.05, 3.63) is 63.6 Å². The van der Waals surface area contributed by atoms with Crippen LogP contribution in [-0.2, 0) is 26.2 Å². The Kier molecular flexibility index (Phi) is 9.17. The number of carbonyl (C=O) groups is 2. The molecule has 2 aromatic carbocycles. The van der Waals surface area contributed by atoms with Gasteiger partial charge in [-0.2, -0.15) is 0 Å². The van der Waals surface area contributed by atoms with Crippen molar-refractivity contribution in [3.63, 3.8) is 0 Å². The molecule has 0 fully saturated rings. The van der Waals surface area contributed by atoms with Gasteiger partial charge < -0.3 is 10.2 Å². The Balaban J connectivity index is 2.44. The van der Waals surface area contributed by atoms with Crippen molar-refractivity contribution >= 4 is 50.7 Å². The van der Waals surface area contributed by atoms with Crippen LogP contribution in [0.15, 0.2) is 42.5 Å². The molecule has 0 spiro atoms. The Hall–Kier alpha value is -2.29. The van der Waals surface area contributed by atoms with Gasteiger partial charge in [0.05, 0.1) is 11.9 Å². The Morgan fingerprint density at radius 3 is 2.27 bits per heavy atom. The highest BCUT2D eigenvalue weighted by atomic mass is 35.5. The van der Waals surface area contributed by atoms with Gasteiger partial charge in [0, 0.05) is 22.6 Å². The van der Waals surface area contributed by atoms with E-state index >= 15 is 0 Å². The van der Waals surface area contributed by atoms with Gasteiger partial charge in [0.2, 0.25) is 21.8 Å². The number of benzene rings is 2. The summed E-state index contributed by atoms with van der Waals surface area (Å²) in [6, 6.07) is 10.8. The molecule has 0 aliphatic rings. The fourth-order valence-corrected chi connectivity index (χ4v) is 4.56. The maximum Gasteiger partial charge on any atom is 0.244 e. The number of nitrogens with zero attached hydrogens (tertiary/aromatic N) is 2. The first-order valence-corrected chi connectivity index (χ1v) is 13.0. The quantitative estimate of drug-likeness (QED) is 0.548. The molecule has 1 N–H and O–H groups in total. The van der Waals surface area contributed by atoms with Crippen molar-refractivity contribution in [2.75, 3.05) is 17.1 Å². The van der Waals surface area contributed by atoms with Crippen LogP contribution >= 0.6 is 23.2 Å².